The molecular formula is C13H19ClO2. The van der Waals surface area contributed by atoms with Gasteiger partial charge in [-0.25, -0.2) is 0 Å². The van der Waals surface area contributed by atoms with Crippen LogP contribution in [0.3, 0.4) is 0 Å². The lowest BCUT2D eigenvalue weighted by atomic mass is 10.0. The summed E-state index contributed by atoms with van der Waals surface area (Å²) in [7, 11) is 1.69. The molecule has 0 aliphatic rings. The van der Waals surface area contributed by atoms with Crippen molar-refractivity contribution >= 4 is 11.6 Å². The highest BCUT2D eigenvalue weighted by Gasteiger charge is 2.08. The third kappa shape index (κ3) is 4.97. The molecule has 0 spiro atoms. The molecule has 2 nitrogen and oxygen atoms in total. The SMILES string of the molecule is COC(C)CCC(O)Cc1cccc(Cl)c1. The van der Waals surface area contributed by atoms with Gasteiger partial charge in [0.25, 0.3) is 0 Å². The van der Waals surface area contributed by atoms with Crippen LogP contribution in [0.1, 0.15) is 25.3 Å². The highest BCUT2D eigenvalue weighted by atomic mass is 35.5. The predicted octanol–water partition coefficient (Wildman–Crippen LogP) is 3.06. The fourth-order valence-electron chi connectivity index (χ4n) is 1.58. The number of aliphatic hydroxyl groups is 1. The Morgan fingerprint density at radius 3 is 2.75 bits per heavy atom. The Bertz CT molecular complexity index is 315. The first kappa shape index (κ1) is 13.5. The van der Waals surface area contributed by atoms with Crippen molar-refractivity contribution in [3.63, 3.8) is 0 Å². The van der Waals surface area contributed by atoms with E-state index in [-0.39, 0.29) is 12.2 Å². The van der Waals surface area contributed by atoms with E-state index in [1.165, 1.54) is 0 Å². The number of aliphatic hydroxyl groups excluding tert-OH is 1. The van der Waals surface area contributed by atoms with Crippen LogP contribution >= 0.6 is 11.6 Å². The highest BCUT2D eigenvalue weighted by molar-refractivity contribution is 6.30. The summed E-state index contributed by atoms with van der Waals surface area (Å²) < 4.78 is 5.14. The zero-order chi connectivity index (χ0) is 12.0. The molecular weight excluding hydrogens is 224 g/mol. The molecule has 16 heavy (non-hydrogen) atoms. The molecule has 0 saturated carbocycles. The summed E-state index contributed by atoms with van der Waals surface area (Å²) in [6.07, 6.45) is 2.15. The fourth-order valence-corrected chi connectivity index (χ4v) is 1.80. The van der Waals surface area contributed by atoms with E-state index in [0.717, 1.165) is 23.4 Å². The summed E-state index contributed by atoms with van der Waals surface area (Å²) in [4.78, 5) is 0. The highest BCUT2D eigenvalue weighted by Crippen LogP contribution is 2.14. The zero-order valence-electron chi connectivity index (χ0n) is 9.82. The molecule has 90 valence electrons. The number of hydrogen-bond acceptors (Lipinski definition) is 2. The molecule has 1 aromatic carbocycles. The van der Waals surface area contributed by atoms with Gasteiger partial charge in [0.05, 0.1) is 12.2 Å². The van der Waals surface area contributed by atoms with Crippen LogP contribution in [-0.2, 0) is 11.2 Å². The van der Waals surface area contributed by atoms with Gasteiger partial charge in [-0.1, -0.05) is 23.7 Å². The van der Waals surface area contributed by atoms with Crippen molar-refractivity contribution < 1.29 is 9.84 Å². The summed E-state index contributed by atoms with van der Waals surface area (Å²) in [6, 6.07) is 7.62. The molecule has 0 aliphatic carbocycles. The van der Waals surface area contributed by atoms with Crippen molar-refractivity contribution in [2.24, 2.45) is 0 Å². The smallest absolute Gasteiger partial charge is 0.0581 e. The Morgan fingerprint density at radius 2 is 2.12 bits per heavy atom. The number of methoxy groups -OCH3 is 1. The van der Waals surface area contributed by atoms with Crippen LogP contribution in [-0.4, -0.2) is 24.4 Å². The summed E-state index contributed by atoms with van der Waals surface area (Å²) in [5, 5.41) is 10.6. The normalized spacial score (nSPS) is 14.8. The van der Waals surface area contributed by atoms with Crippen molar-refractivity contribution in [1.82, 2.24) is 0 Å². The minimum absolute atomic E-state index is 0.203. The van der Waals surface area contributed by atoms with E-state index < -0.39 is 0 Å². The quantitative estimate of drug-likeness (QED) is 0.831. The molecule has 0 bridgehead atoms. The van der Waals surface area contributed by atoms with Crippen molar-refractivity contribution in [1.29, 1.82) is 0 Å². The Morgan fingerprint density at radius 1 is 1.38 bits per heavy atom. The van der Waals surface area contributed by atoms with Crippen LogP contribution in [0.15, 0.2) is 24.3 Å². The molecule has 2 atom stereocenters. The molecule has 0 saturated heterocycles. The van der Waals surface area contributed by atoms with E-state index in [4.69, 9.17) is 16.3 Å². The fraction of sp³-hybridized carbons (Fsp3) is 0.538. The Kier molecular flexibility index (Phi) is 5.81. The lowest BCUT2D eigenvalue weighted by Gasteiger charge is -2.14. The van der Waals surface area contributed by atoms with E-state index in [1.54, 1.807) is 7.11 Å². The van der Waals surface area contributed by atoms with Gasteiger partial charge in [-0.3, -0.25) is 0 Å². The standard InChI is InChI=1S/C13H19ClO2/c1-10(16-2)6-7-13(15)9-11-4-3-5-12(14)8-11/h3-5,8,10,13,15H,6-7,9H2,1-2H3. The Hall–Kier alpha value is -0.570. The monoisotopic (exact) mass is 242 g/mol. The Labute approximate surface area is 102 Å². The van der Waals surface area contributed by atoms with Crippen LogP contribution in [0.5, 0.6) is 0 Å². The molecule has 0 fully saturated rings. The lowest BCUT2D eigenvalue weighted by Crippen LogP contribution is -2.14. The maximum Gasteiger partial charge on any atom is 0.0581 e. The molecule has 0 heterocycles. The molecule has 1 rings (SSSR count). The van der Waals surface area contributed by atoms with Gasteiger partial charge in [0.2, 0.25) is 0 Å². The molecule has 0 radical (unpaired) electrons. The second kappa shape index (κ2) is 6.89. The van der Waals surface area contributed by atoms with Gasteiger partial charge in [0, 0.05) is 12.1 Å². The van der Waals surface area contributed by atoms with Crippen molar-refractivity contribution in [2.75, 3.05) is 7.11 Å². The largest absolute Gasteiger partial charge is 0.393 e. The maximum atomic E-state index is 9.84. The molecule has 0 amide bonds. The van der Waals surface area contributed by atoms with Gasteiger partial charge >= 0.3 is 0 Å². The van der Waals surface area contributed by atoms with Gasteiger partial charge in [0.1, 0.15) is 0 Å². The van der Waals surface area contributed by atoms with Crippen LogP contribution < -0.4 is 0 Å². The first-order chi connectivity index (χ1) is 7.61. The van der Waals surface area contributed by atoms with E-state index in [1.807, 2.05) is 31.2 Å². The van der Waals surface area contributed by atoms with Gasteiger partial charge in [-0.05, 0) is 43.9 Å². The van der Waals surface area contributed by atoms with Crippen LogP contribution in [0, 0.1) is 0 Å². The molecule has 1 aromatic rings. The van der Waals surface area contributed by atoms with E-state index in [0.29, 0.717) is 6.42 Å². The molecule has 0 aromatic heterocycles. The predicted molar refractivity (Wildman–Crippen MR) is 66.9 cm³/mol. The maximum absolute atomic E-state index is 9.84. The van der Waals surface area contributed by atoms with Crippen molar-refractivity contribution in [3.05, 3.63) is 34.9 Å². The van der Waals surface area contributed by atoms with Gasteiger partial charge in [-0.15, -0.1) is 0 Å². The minimum Gasteiger partial charge on any atom is -0.393 e. The van der Waals surface area contributed by atoms with Gasteiger partial charge < -0.3 is 9.84 Å². The van der Waals surface area contributed by atoms with E-state index in [9.17, 15) is 5.11 Å². The first-order valence-electron chi connectivity index (χ1n) is 5.57. The first-order valence-corrected chi connectivity index (χ1v) is 5.95. The molecule has 1 N–H and O–H groups in total. The third-order valence-corrected chi connectivity index (χ3v) is 2.90. The number of benzene rings is 1. The molecule has 2 unspecified atom stereocenters. The van der Waals surface area contributed by atoms with Crippen molar-refractivity contribution in [2.45, 2.75) is 38.4 Å². The zero-order valence-corrected chi connectivity index (χ0v) is 10.6. The average Bonchev–Trinajstić information content (AvgIpc) is 2.26. The van der Waals surface area contributed by atoms with Gasteiger partial charge in [0.15, 0.2) is 0 Å². The average molecular weight is 243 g/mol. The summed E-state index contributed by atoms with van der Waals surface area (Å²) in [5.41, 5.74) is 1.07. The Balaban J connectivity index is 2.36. The van der Waals surface area contributed by atoms with E-state index in [2.05, 4.69) is 0 Å². The second-order valence-electron chi connectivity index (χ2n) is 4.11. The lowest BCUT2D eigenvalue weighted by molar-refractivity contribution is 0.0851. The topological polar surface area (TPSA) is 29.5 Å². The summed E-state index contributed by atoms with van der Waals surface area (Å²) in [6.45, 7) is 2.01. The van der Waals surface area contributed by atoms with Crippen LogP contribution in [0.4, 0.5) is 0 Å². The number of rotatable bonds is 6. The number of ether oxygens (including phenoxy) is 1. The minimum atomic E-state index is -0.323. The number of halogens is 1. The van der Waals surface area contributed by atoms with E-state index >= 15 is 0 Å². The van der Waals surface area contributed by atoms with Crippen LogP contribution in [0.25, 0.3) is 0 Å². The van der Waals surface area contributed by atoms with Gasteiger partial charge in [-0.2, -0.15) is 0 Å². The molecule has 3 heteroatoms. The summed E-state index contributed by atoms with van der Waals surface area (Å²) >= 11 is 5.88. The molecule has 0 aliphatic heterocycles. The number of hydrogen-bond donors (Lipinski definition) is 1. The second-order valence-corrected chi connectivity index (χ2v) is 4.55. The van der Waals surface area contributed by atoms with Crippen LogP contribution in [0.2, 0.25) is 5.02 Å². The third-order valence-electron chi connectivity index (χ3n) is 2.67. The van der Waals surface area contributed by atoms with Crippen molar-refractivity contribution in [3.8, 4) is 0 Å². The summed E-state index contributed by atoms with van der Waals surface area (Å²) in [5.74, 6) is 0.